The molecule has 0 saturated carbocycles. The molecule has 0 spiro atoms. The van der Waals surface area contributed by atoms with Gasteiger partial charge in [-0.15, -0.1) is 0 Å². The molecule has 0 radical (unpaired) electrons. The molecule has 7 heteroatoms. The number of benzene rings is 1. The number of halogens is 1. The van der Waals surface area contributed by atoms with E-state index in [-0.39, 0.29) is 16.0 Å². The lowest BCUT2D eigenvalue weighted by atomic mass is 10.1. The van der Waals surface area contributed by atoms with Crippen molar-refractivity contribution < 1.29 is 17.9 Å². The number of thioether (sulfide) groups is 1. The molecule has 1 heterocycles. The molecule has 1 aliphatic rings. The maximum atomic E-state index is 13.6. The molecule has 0 bridgehead atoms. The lowest BCUT2D eigenvalue weighted by molar-refractivity contribution is 0.275. The Labute approximate surface area is 122 Å². The van der Waals surface area contributed by atoms with Crippen molar-refractivity contribution in [2.45, 2.75) is 24.8 Å². The second-order valence-electron chi connectivity index (χ2n) is 4.95. The predicted octanol–water partition coefficient (Wildman–Crippen LogP) is 1.66. The number of aliphatic hydroxyl groups is 1. The first-order chi connectivity index (χ1) is 9.44. The van der Waals surface area contributed by atoms with Crippen molar-refractivity contribution in [3.63, 3.8) is 0 Å². The summed E-state index contributed by atoms with van der Waals surface area (Å²) >= 11 is 1.82. The molecule has 1 aromatic carbocycles. The molecule has 1 aliphatic heterocycles. The Bertz CT molecular complexity index is 584. The van der Waals surface area contributed by atoms with E-state index in [0.717, 1.165) is 17.9 Å². The normalized spacial score (nSPS) is 19.4. The first kappa shape index (κ1) is 15.8. The number of aliphatic hydroxyl groups excluding tert-OH is 1. The molecule has 20 heavy (non-hydrogen) atoms. The molecule has 1 saturated heterocycles. The van der Waals surface area contributed by atoms with Crippen LogP contribution in [0.2, 0.25) is 0 Å². The monoisotopic (exact) mass is 319 g/mol. The maximum Gasteiger partial charge on any atom is 0.240 e. The van der Waals surface area contributed by atoms with Gasteiger partial charge in [-0.2, -0.15) is 11.8 Å². The van der Waals surface area contributed by atoms with Crippen LogP contribution in [0.5, 0.6) is 0 Å². The minimum atomic E-state index is -3.66. The molecule has 2 rings (SSSR count). The molecule has 0 amide bonds. The Hall–Kier alpha value is -0.630. The summed E-state index contributed by atoms with van der Waals surface area (Å²) in [4.78, 5) is 0.00565. The molecule has 1 atom stereocenters. The first-order valence-electron chi connectivity index (χ1n) is 6.41. The van der Waals surface area contributed by atoms with Crippen LogP contribution in [0, 0.1) is 18.7 Å². The van der Waals surface area contributed by atoms with E-state index in [1.807, 2.05) is 11.8 Å². The van der Waals surface area contributed by atoms with Crippen molar-refractivity contribution >= 4 is 21.8 Å². The third kappa shape index (κ3) is 3.52. The van der Waals surface area contributed by atoms with E-state index in [0.29, 0.717) is 12.5 Å². The van der Waals surface area contributed by atoms with E-state index < -0.39 is 22.4 Å². The Morgan fingerprint density at radius 1 is 1.50 bits per heavy atom. The quantitative estimate of drug-likeness (QED) is 0.866. The predicted molar refractivity (Wildman–Crippen MR) is 77.7 cm³/mol. The smallest absolute Gasteiger partial charge is 0.240 e. The van der Waals surface area contributed by atoms with E-state index in [1.165, 1.54) is 19.1 Å². The van der Waals surface area contributed by atoms with Crippen molar-refractivity contribution in [3.05, 3.63) is 29.1 Å². The van der Waals surface area contributed by atoms with Crippen LogP contribution in [-0.4, -0.2) is 31.6 Å². The number of rotatable bonds is 5. The Morgan fingerprint density at radius 2 is 2.25 bits per heavy atom. The SMILES string of the molecule is Cc1cc(S(=O)(=O)NCC2CCSC2)cc(CO)c1F. The average molecular weight is 319 g/mol. The number of sulfonamides is 1. The summed E-state index contributed by atoms with van der Waals surface area (Å²) in [6, 6.07) is 2.48. The topological polar surface area (TPSA) is 66.4 Å². The maximum absolute atomic E-state index is 13.6. The molecule has 1 aromatic rings. The third-order valence-electron chi connectivity index (χ3n) is 3.37. The standard InChI is InChI=1S/C13H18FNO3S2/c1-9-4-12(5-11(7-16)13(9)14)20(17,18)15-6-10-2-3-19-8-10/h4-5,10,15-16H,2-3,6-8H2,1H3. The summed E-state index contributed by atoms with van der Waals surface area (Å²) in [5, 5.41) is 9.08. The number of aryl methyl sites for hydroxylation is 1. The minimum absolute atomic E-state index is 0.00166. The van der Waals surface area contributed by atoms with Gasteiger partial charge in [-0.1, -0.05) is 0 Å². The molecule has 4 nitrogen and oxygen atoms in total. The van der Waals surface area contributed by atoms with Gasteiger partial charge < -0.3 is 5.11 Å². The van der Waals surface area contributed by atoms with E-state index in [1.54, 1.807) is 0 Å². The van der Waals surface area contributed by atoms with Gasteiger partial charge >= 0.3 is 0 Å². The number of nitrogens with one attached hydrogen (secondary N) is 1. The van der Waals surface area contributed by atoms with E-state index in [4.69, 9.17) is 5.11 Å². The zero-order chi connectivity index (χ0) is 14.8. The van der Waals surface area contributed by atoms with Gasteiger partial charge in [0.1, 0.15) is 5.82 Å². The molecule has 112 valence electrons. The van der Waals surface area contributed by atoms with E-state index in [9.17, 15) is 12.8 Å². The minimum Gasteiger partial charge on any atom is -0.392 e. The van der Waals surface area contributed by atoms with Gasteiger partial charge in [0.05, 0.1) is 11.5 Å². The van der Waals surface area contributed by atoms with Gasteiger partial charge in [-0.3, -0.25) is 0 Å². The summed E-state index contributed by atoms with van der Waals surface area (Å²) in [6.45, 7) is 1.37. The summed E-state index contributed by atoms with van der Waals surface area (Å²) in [5.41, 5.74) is 0.218. The van der Waals surface area contributed by atoms with Crippen LogP contribution in [0.3, 0.4) is 0 Å². The Kier molecular flexibility index (Phi) is 5.06. The second-order valence-corrected chi connectivity index (χ2v) is 7.87. The first-order valence-corrected chi connectivity index (χ1v) is 9.05. The highest BCUT2D eigenvalue weighted by atomic mass is 32.2. The van der Waals surface area contributed by atoms with Gasteiger partial charge in [0.2, 0.25) is 10.0 Å². The third-order valence-corrected chi connectivity index (χ3v) is 6.00. The van der Waals surface area contributed by atoms with Crippen LogP contribution in [0.1, 0.15) is 17.5 Å². The number of hydrogen-bond acceptors (Lipinski definition) is 4. The highest BCUT2D eigenvalue weighted by molar-refractivity contribution is 7.99. The Morgan fingerprint density at radius 3 is 2.85 bits per heavy atom. The van der Waals surface area contributed by atoms with Crippen LogP contribution in [-0.2, 0) is 16.6 Å². The lowest BCUT2D eigenvalue weighted by Crippen LogP contribution is -2.29. The van der Waals surface area contributed by atoms with Gasteiger partial charge in [0, 0.05) is 12.1 Å². The van der Waals surface area contributed by atoms with Gasteiger partial charge in [-0.25, -0.2) is 17.5 Å². The highest BCUT2D eigenvalue weighted by Gasteiger charge is 2.21. The fourth-order valence-corrected chi connectivity index (χ4v) is 4.67. The molecule has 0 aliphatic carbocycles. The lowest BCUT2D eigenvalue weighted by Gasteiger charge is -2.12. The van der Waals surface area contributed by atoms with Crippen LogP contribution < -0.4 is 4.72 Å². The fourth-order valence-electron chi connectivity index (χ4n) is 2.13. The van der Waals surface area contributed by atoms with Crippen molar-refractivity contribution in [2.75, 3.05) is 18.1 Å². The summed E-state index contributed by atoms with van der Waals surface area (Å²) in [6.07, 6.45) is 1.01. The molecular weight excluding hydrogens is 301 g/mol. The van der Waals surface area contributed by atoms with Gasteiger partial charge in [0.25, 0.3) is 0 Å². The fraction of sp³-hybridized carbons (Fsp3) is 0.538. The van der Waals surface area contributed by atoms with Crippen LogP contribution in [0.15, 0.2) is 17.0 Å². The summed E-state index contributed by atoms with van der Waals surface area (Å²) < 4.78 is 40.6. The number of hydrogen-bond donors (Lipinski definition) is 2. The van der Waals surface area contributed by atoms with Crippen molar-refractivity contribution in [1.29, 1.82) is 0 Å². The van der Waals surface area contributed by atoms with Gasteiger partial charge in [0.15, 0.2) is 0 Å². The van der Waals surface area contributed by atoms with Crippen molar-refractivity contribution in [2.24, 2.45) is 5.92 Å². The van der Waals surface area contributed by atoms with Crippen LogP contribution in [0.4, 0.5) is 4.39 Å². The van der Waals surface area contributed by atoms with Crippen LogP contribution >= 0.6 is 11.8 Å². The molecule has 0 aromatic heterocycles. The van der Waals surface area contributed by atoms with Crippen molar-refractivity contribution in [3.8, 4) is 0 Å². The van der Waals surface area contributed by atoms with Crippen molar-refractivity contribution in [1.82, 2.24) is 4.72 Å². The molecule has 2 N–H and O–H groups in total. The average Bonchev–Trinajstić information content (AvgIpc) is 2.92. The van der Waals surface area contributed by atoms with E-state index >= 15 is 0 Å². The van der Waals surface area contributed by atoms with Gasteiger partial charge in [-0.05, 0) is 48.5 Å². The second kappa shape index (κ2) is 6.43. The zero-order valence-electron chi connectivity index (χ0n) is 11.2. The largest absolute Gasteiger partial charge is 0.392 e. The molecule has 1 fully saturated rings. The van der Waals surface area contributed by atoms with Crippen LogP contribution in [0.25, 0.3) is 0 Å². The molecule has 1 unspecified atom stereocenters. The highest BCUT2D eigenvalue weighted by Crippen LogP contribution is 2.24. The summed E-state index contributed by atoms with van der Waals surface area (Å²) in [5.74, 6) is 1.83. The zero-order valence-corrected chi connectivity index (χ0v) is 12.9. The summed E-state index contributed by atoms with van der Waals surface area (Å²) in [7, 11) is -3.66. The van der Waals surface area contributed by atoms with E-state index in [2.05, 4.69) is 4.72 Å². The Balaban J connectivity index is 2.18. The molecular formula is C13H18FNO3S2.